The molecule has 0 atom stereocenters. The van der Waals surface area contributed by atoms with Crippen molar-refractivity contribution in [3.8, 4) is 0 Å². The minimum absolute atomic E-state index is 0.924. The number of hydrogen-bond donors (Lipinski definition) is 0. The summed E-state index contributed by atoms with van der Waals surface area (Å²) in [5, 5.41) is 0.924. The highest BCUT2D eigenvalue weighted by molar-refractivity contribution is 8.14. The van der Waals surface area contributed by atoms with Gasteiger partial charge in [0.25, 0.3) is 0 Å². The molecule has 2 aromatic rings. The summed E-state index contributed by atoms with van der Waals surface area (Å²) in [7, 11) is 0. The first kappa shape index (κ1) is 13.4. The maximum absolute atomic E-state index is 4.66. The fourth-order valence-electron chi connectivity index (χ4n) is 1.73. The number of benzene rings is 2. The second-order valence-corrected chi connectivity index (χ2v) is 4.67. The molecular weight excluding hydrogens is 250 g/mol. The van der Waals surface area contributed by atoms with Crippen molar-refractivity contribution in [2.75, 3.05) is 6.26 Å². The van der Waals surface area contributed by atoms with Gasteiger partial charge in [-0.25, -0.2) is 4.99 Å². The average molecular weight is 265 g/mol. The van der Waals surface area contributed by atoms with Gasteiger partial charge in [-0.15, -0.1) is 17.5 Å². The molecule has 94 valence electrons. The minimum atomic E-state index is 0.924. The van der Waals surface area contributed by atoms with Crippen LogP contribution in [0.4, 0.5) is 5.69 Å². The van der Waals surface area contributed by atoms with Crippen LogP contribution in [-0.2, 0) is 0 Å². The fourth-order valence-corrected chi connectivity index (χ4v) is 2.32. The lowest BCUT2D eigenvalue weighted by Crippen LogP contribution is -1.95. The molecule has 0 fully saturated rings. The summed E-state index contributed by atoms with van der Waals surface area (Å²) in [5.41, 5.74) is 5.97. The summed E-state index contributed by atoms with van der Waals surface area (Å²) in [5.74, 6) is 0. The first-order valence-electron chi connectivity index (χ1n) is 5.98. The molecule has 2 heteroatoms. The van der Waals surface area contributed by atoms with Crippen LogP contribution in [0, 0.1) is 0 Å². The summed E-state index contributed by atoms with van der Waals surface area (Å²) in [6.07, 6.45) is 2.02. The number of thioether (sulfide) groups is 1. The molecule has 0 saturated carbocycles. The zero-order valence-electron chi connectivity index (χ0n) is 10.8. The summed E-state index contributed by atoms with van der Waals surface area (Å²) >= 11 is 1.60. The van der Waals surface area contributed by atoms with Gasteiger partial charge in [0.1, 0.15) is 5.04 Å². The quantitative estimate of drug-likeness (QED) is 0.434. The first-order chi connectivity index (χ1) is 9.35. The largest absolute Gasteiger partial charge is 0.241 e. The second kappa shape index (κ2) is 6.79. The lowest BCUT2D eigenvalue weighted by molar-refractivity contribution is 1.53. The molecule has 0 spiro atoms. The third-order valence-electron chi connectivity index (χ3n) is 2.63. The smallest absolute Gasteiger partial charge is 0.112 e. The highest BCUT2D eigenvalue weighted by Crippen LogP contribution is 2.24. The zero-order chi connectivity index (χ0) is 13.5. The van der Waals surface area contributed by atoms with Crippen molar-refractivity contribution in [3.63, 3.8) is 0 Å². The molecule has 0 heterocycles. The molecule has 0 aliphatic carbocycles. The summed E-state index contributed by atoms with van der Waals surface area (Å²) in [4.78, 5) is 4.66. The molecule has 0 aliphatic heterocycles. The van der Waals surface area contributed by atoms with E-state index in [1.165, 1.54) is 0 Å². The SMILES string of the molecule is C=C=C(C(=Nc1ccccc1)SC)c1ccccc1. The molecule has 0 bridgehead atoms. The number of para-hydroxylation sites is 1. The molecule has 0 N–H and O–H groups in total. The van der Waals surface area contributed by atoms with Crippen LogP contribution < -0.4 is 0 Å². The molecular formula is C17H15NS. The van der Waals surface area contributed by atoms with Gasteiger partial charge < -0.3 is 0 Å². The number of hydrogen-bond acceptors (Lipinski definition) is 2. The van der Waals surface area contributed by atoms with E-state index in [0.29, 0.717) is 0 Å². The lowest BCUT2D eigenvalue weighted by Gasteiger charge is -2.07. The van der Waals surface area contributed by atoms with Crippen molar-refractivity contribution in [2.45, 2.75) is 0 Å². The Kier molecular flexibility index (Phi) is 4.79. The Bertz CT molecular complexity index is 608. The highest BCUT2D eigenvalue weighted by atomic mass is 32.2. The Hall–Kier alpha value is -2.02. The van der Waals surface area contributed by atoms with Crippen molar-refractivity contribution in [3.05, 3.63) is 78.5 Å². The maximum Gasteiger partial charge on any atom is 0.112 e. The lowest BCUT2D eigenvalue weighted by atomic mass is 10.1. The molecule has 1 nitrogen and oxygen atoms in total. The van der Waals surface area contributed by atoms with Crippen LogP contribution in [0.5, 0.6) is 0 Å². The van der Waals surface area contributed by atoms with Crippen LogP contribution >= 0.6 is 11.8 Å². The van der Waals surface area contributed by atoms with Crippen molar-refractivity contribution in [1.82, 2.24) is 0 Å². The van der Waals surface area contributed by atoms with Crippen LogP contribution in [0.3, 0.4) is 0 Å². The average Bonchev–Trinajstić information content (AvgIpc) is 2.49. The normalized spacial score (nSPS) is 10.9. The number of aliphatic imine (C=N–C) groups is 1. The summed E-state index contributed by atoms with van der Waals surface area (Å²) < 4.78 is 0. The van der Waals surface area contributed by atoms with E-state index >= 15 is 0 Å². The molecule has 0 radical (unpaired) electrons. The Morgan fingerprint density at radius 2 is 1.58 bits per heavy atom. The third-order valence-corrected chi connectivity index (χ3v) is 3.32. The molecule has 19 heavy (non-hydrogen) atoms. The van der Waals surface area contributed by atoms with E-state index in [4.69, 9.17) is 0 Å². The monoisotopic (exact) mass is 265 g/mol. The Morgan fingerprint density at radius 3 is 2.11 bits per heavy atom. The first-order valence-corrected chi connectivity index (χ1v) is 7.21. The number of rotatable bonds is 3. The number of nitrogens with zero attached hydrogens (tertiary/aromatic N) is 1. The van der Waals surface area contributed by atoms with Crippen LogP contribution in [0.1, 0.15) is 5.56 Å². The third kappa shape index (κ3) is 3.47. The molecule has 0 amide bonds. The van der Waals surface area contributed by atoms with Gasteiger partial charge in [0.15, 0.2) is 0 Å². The molecule has 0 aliphatic rings. The Morgan fingerprint density at radius 1 is 1.00 bits per heavy atom. The zero-order valence-corrected chi connectivity index (χ0v) is 11.7. The van der Waals surface area contributed by atoms with Gasteiger partial charge >= 0.3 is 0 Å². The van der Waals surface area contributed by atoms with Crippen LogP contribution in [0.2, 0.25) is 0 Å². The van der Waals surface area contributed by atoms with Crippen molar-refractivity contribution in [2.24, 2.45) is 4.99 Å². The predicted molar refractivity (Wildman–Crippen MR) is 86.0 cm³/mol. The van der Waals surface area contributed by atoms with Crippen LogP contribution in [-0.4, -0.2) is 11.3 Å². The van der Waals surface area contributed by atoms with E-state index in [2.05, 4.69) is 17.3 Å². The summed E-state index contributed by atoms with van der Waals surface area (Å²) in [6, 6.07) is 20.0. The van der Waals surface area contributed by atoms with Crippen molar-refractivity contribution < 1.29 is 0 Å². The van der Waals surface area contributed by atoms with E-state index in [0.717, 1.165) is 21.9 Å². The van der Waals surface area contributed by atoms with Gasteiger partial charge in [-0.05, 0) is 24.0 Å². The van der Waals surface area contributed by atoms with Gasteiger partial charge in [-0.3, -0.25) is 0 Å². The van der Waals surface area contributed by atoms with Gasteiger partial charge in [0, 0.05) is 0 Å². The molecule has 2 rings (SSSR count). The fraction of sp³-hybridized carbons (Fsp3) is 0.0588. The van der Waals surface area contributed by atoms with Crippen LogP contribution in [0.15, 0.2) is 78.0 Å². The van der Waals surface area contributed by atoms with Gasteiger partial charge in [0.2, 0.25) is 0 Å². The van der Waals surface area contributed by atoms with E-state index in [1.54, 1.807) is 11.8 Å². The van der Waals surface area contributed by atoms with E-state index in [9.17, 15) is 0 Å². The van der Waals surface area contributed by atoms with Crippen molar-refractivity contribution in [1.29, 1.82) is 0 Å². The predicted octanol–water partition coefficient (Wildman–Crippen LogP) is 4.95. The van der Waals surface area contributed by atoms with E-state index in [1.807, 2.05) is 66.9 Å². The Balaban J connectivity index is 2.42. The molecule has 0 saturated heterocycles. The maximum atomic E-state index is 4.66. The Labute approximate surface area is 118 Å². The van der Waals surface area contributed by atoms with E-state index < -0.39 is 0 Å². The van der Waals surface area contributed by atoms with E-state index in [-0.39, 0.29) is 0 Å². The van der Waals surface area contributed by atoms with Gasteiger partial charge in [-0.1, -0.05) is 55.1 Å². The topological polar surface area (TPSA) is 12.4 Å². The van der Waals surface area contributed by atoms with Gasteiger partial charge in [0.05, 0.1) is 11.3 Å². The standard InChI is InChI=1S/C17H15NS/c1-3-16(14-10-6-4-7-11-14)17(19-2)18-15-12-8-5-9-13-15/h4-13H,1H2,2H3. The van der Waals surface area contributed by atoms with Crippen LogP contribution in [0.25, 0.3) is 5.57 Å². The van der Waals surface area contributed by atoms with Gasteiger partial charge in [-0.2, -0.15) is 0 Å². The molecule has 0 unspecified atom stereocenters. The highest BCUT2D eigenvalue weighted by Gasteiger charge is 2.08. The van der Waals surface area contributed by atoms with Crippen molar-refractivity contribution >= 4 is 28.1 Å². The molecule has 0 aromatic heterocycles. The molecule has 2 aromatic carbocycles. The second-order valence-electron chi connectivity index (χ2n) is 3.87. The summed E-state index contributed by atoms with van der Waals surface area (Å²) in [6.45, 7) is 3.79. The minimum Gasteiger partial charge on any atom is -0.241 e.